The number of hydrogen-bond donors (Lipinski definition) is 2. The van der Waals surface area contributed by atoms with Gasteiger partial charge in [0.1, 0.15) is 6.04 Å². The smallest absolute Gasteiger partial charge is 0.326 e. The highest BCUT2D eigenvalue weighted by atomic mass is 32.1. The highest BCUT2D eigenvalue weighted by molar-refractivity contribution is 7.12. The number of carboxylic acids is 1. The molecule has 0 aliphatic rings. The Morgan fingerprint density at radius 1 is 1.47 bits per heavy atom. The maximum absolute atomic E-state index is 11.9. The molecule has 1 aromatic rings. The monoisotopic (exact) mass is 255 g/mol. The third-order valence-electron chi connectivity index (χ3n) is 2.38. The lowest BCUT2D eigenvalue weighted by atomic mass is 10.0. The van der Waals surface area contributed by atoms with Crippen molar-refractivity contribution in [1.29, 1.82) is 0 Å². The average molecular weight is 255 g/mol. The van der Waals surface area contributed by atoms with E-state index in [1.54, 1.807) is 0 Å². The summed E-state index contributed by atoms with van der Waals surface area (Å²) in [6, 6.07) is 1.03. The van der Waals surface area contributed by atoms with Gasteiger partial charge in [-0.1, -0.05) is 13.8 Å². The van der Waals surface area contributed by atoms with Gasteiger partial charge in [-0.25, -0.2) is 4.79 Å². The van der Waals surface area contributed by atoms with Crippen molar-refractivity contribution in [2.24, 2.45) is 5.92 Å². The molecule has 1 unspecified atom stereocenters. The zero-order valence-corrected chi connectivity index (χ0v) is 11.0. The van der Waals surface area contributed by atoms with Gasteiger partial charge in [-0.2, -0.15) is 0 Å². The van der Waals surface area contributed by atoms with Crippen LogP contribution in [0.1, 0.15) is 35.5 Å². The maximum Gasteiger partial charge on any atom is 0.326 e. The molecule has 0 radical (unpaired) electrons. The van der Waals surface area contributed by atoms with Crippen LogP contribution in [-0.4, -0.2) is 23.0 Å². The molecule has 0 bridgehead atoms. The lowest BCUT2D eigenvalue weighted by Crippen LogP contribution is -2.41. The normalized spacial score (nSPS) is 12.5. The summed E-state index contributed by atoms with van der Waals surface area (Å²) in [4.78, 5) is 23.5. The Labute approximate surface area is 105 Å². The molecule has 0 aromatic carbocycles. The van der Waals surface area contributed by atoms with Crippen LogP contribution in [0.25, 0.3) is 0 Å². The van der Waals surface area contributed by atoms with Gasteiger partial charge < -0.3 is 10.4 Å². The number of carbonyl (C=O) groups excluding carboxylic acids is 1. The Morgan fingerprint density at radius 2 is 2.12 bits per heavy atom. The van der Waals surface area contributed by atoms with E-state index in [9.17, 15) is 9.59 Å². The molecule has 17 heavy (non-hydrogen) atoms. The summed E-state index contributed by atoms with van der Waals surface area (Å²) in [5, 5.41) is 13.4. The molecule has 94 valence electrons. The van der Waals surface area contributed by atoms with E-state index >= 15 is 0 Å². The molecule has 1 atom stereocenters. The second kappa shape index (κ2) is 5.82. The lowest BCUT2D eigenvalue weighted by molar-refractivity contribution is -0.139. The molecule has 0 aliphatic heterocycles. The quantitative estimate of drug-likeness (QED) is 0.848. The topological polar surface area (TPSA) is 66.4 Å². The van der Waals surface area contributed by atoms with Crippen LogP contribution in [0.3, 0.4) is 0 Å². The van der Waals surface area contributed by atoms with Gasteiger partial charge in [0.2, 0.25) is 0 Å². The number of nitrogens with one attached hydrogen (secondary N) is 1. The van der Waals surface area contributed by atoms with Crippen LogP contribution < -0.4 is 5.32 Å². The molecule has 0 fully saturated rings. The minimum Gasteiger partial charge on any atom is -0.480 e. The van der Waals surface area contributed by atoms with Gasteiger partial charge in [-0.15, -0.1) is 11.3 Å². The van der Waals surface area contributed by atoms with Gasteiger partial charge in [0.05, 0.1) is 4.88 Å². The summed E-state index contributed by atoms with van der Waals surface area (Å²) in [7, 11) is 0. The lowest BCUT2D eigenvalue weighted by Gasteiger charge is -2.16. The van der Waals surface area contributed by atoms with Gasteiger partial charge in [0.15, 0.2) is 0 Å². The fourth-order valence-electron chi connectivity index (χ4n) is 1.52. The second-order valence-corrected chi connectivity index (χ2v) is 5.34. The van der Waals surface area contributed by atoms with Crippen LogP contribution in [-0.2, 0) is 4.79 Å². The van der Waals surface area contributed by atoms with Crippen molar-refractivity contribution in [3.63, 3.8) is 0 Å². The number of carboxylic acid groups (broad SMARTS) is 1. The number of amides is 1. The van der Waals surface area contributed by atoms with Crippen LogP contribution in [0, 0.1) is 12.8 Å². The molecule has 2 N–H and O–H groups in total. The first kappa shape index (κ1) is 13.7. The van der Waals surface area contributed by atoms with Crippen molar-refractivity contribution in [2.45, 2.75) is 33.2 Å². The van der Waals surface area contributed by atoms with Crippen LogP contribution in [0.5, 0.6) is 0 Å². The Morgan fingerprint density at radius 3 is 2.53 bits per heavy atom. The van der Waals surface area contributed by atoms with Gasteiger partial charge in [-0.05, 0) is 36.3 Å². The first-order valence-corrected chi connectivity index (χ1v) is 6.37. The molecule has 5 heteroatoms. The summed E-state index contributed by atoms with van der Waals surface area (Å²) in [5.41, 5.74) is 0.876. The van der Waals surface area contributed by atoms with Gasteiger partial charge in [0.25, 0.3) is 5.91 Å². The Balaban J connectivity index is 2.71. The summed E-state index contributed by atoms with van der Waals surface area (Å²) < 4.78 is 0. The van der Waals surface area contributed by atoms with Crippen LogP contribution in [0.15, 0.2) is 11.4 Å². The van der Waals surface area contributed by atoms with Crippen molar-refractivity contribution in [3.8, 4) is 0 Å². The van der Waals surface area contributed by atoms with Crippen molar-refractivity contribution in [1.82, 2.24) is 5.32 Å². The molecular formula is C12H17NO3S. The number of aryl methyl sites for hydroxylation is 1. The van der Waals surface area contributed by atoms with E-state index in [0.717, 1.165) is 5.56 Å². The Hall–Kier alpha value is -1.36. The Kier molecular flexibility index (Phi) is 4.69. The van der Waals surface area contributed by atoms with E-state index < -0.39 is 12.0 Å². The van der Waals surface area contributed by atoms with Gasteiger partial charge >= 0.3 is 5.97 Å². The minimum absolute atomic E-state index is 0.223. The Bertz CT molecular complexity index is 412. The van der Waals surface area contributed by atoms with Crippen molar-refractivity contribution in [3.05, 3.63) is 21.9 Å². The third-order valence-corrected chi connectivity index (χ3v) is 3.39. The van der Waals surface area contributed by atoms with E-state index in [-0.39, 0.29) is 11.8 Å². The van der Waals surface area contributed by atoms with Crippen LogP contribution in [0.4, 0.5) is 0 Å². The van der Waals surface area contributed by atoms with E-state index in [0.29, 0.717) is 11.3 Å². The van der Waals surface area contributed by atoms with Gasteiger partial charge in [0, 0.05) is 0 Å². The zero-order chi connectivity index (χ0) is 13.0. The minimum atomic E-state index is -0.985. The second-order valence-electron chi connectivity index (χ2n) is 4.43. The number of carbonyl (C=O) groups is 2. The standard InChI is InChI=1S/C12H17NO3S/c1-7(2)6-9(12(15)16)13-11(14)10-8(3)4-5-17-10/h4-5,7,9H,6H2,1-3H3,(H,13,14)(H,15,16). The molecular weight excluding hydrogens is 238 g/mol. The van der Waals surface area contributed by atoms with Crippen LogP contribution >= 0.6 is 11.3 Å². The summed E-state index contributed by atoms with van der Waals surface area (Å²) in [6.45, 7) is 5.70. The van der Waals surface area contributed by atoms with Crippen molar-refractivity contribution >= 4 is 23.2 Å². The highest BCUT2D eigenvalue weighted by Gasteiger charge is 2.22. The number of rotatable bonds is 5. The zero-order valence-electron chi connectivity index (χ0n) is 10.2. The number of hydrogen-bond acceptors (Lipinski definition) is 3. The van der Waals surface area contributed by atoms with E-state index in [1.807, 2.05) is 32.2 Å². The molecule has 0 aliphatic carbocycles. The average Bonchev–Trinajstić information content (AvgIpc) is 2.62. The van der Waals surface area contributed by atoms with E-state index in [1.165, 1.54) is 11.3 Å². The molecule has 4 nitrogen and oxygen atoms in total. The predicted molar refractivity (Wildman–Crippen MR) is 67.4 cm³/mol. The number of aliphatic carboxylic acids is 1. The molecule has 0 saturated carbocycles. The first-order chi connectivity index (χ1) is 7.91. The highest BCUT2D eigenvalue weighted by Crippen LogP contribution is 2.16. The van der Waals surface area contributed by atoms with Crippen LogP contribution in [0.2, 0.25) is 0 Å². The molecule has 0 saturated heterocycles. The molecule has 1 aromatic heterocycles. The molecule has 1 amide bonds. The number of thiophene rings is 1. The third kappa shape index (κ3) is 3.85. The summed E-state index contributed by atoms with van der Waals surface area (Å²) >= 11 is 1.33. The molecule has 0 spiro atoms. The van der Waals surface area contributed by atoms with Crippen molar-refractivity contribution < 1.29 is 14.7 Å². The summed E-state index contributed by atoms with van der Waals surface area (Å²) in [5.74, 6) is -1.06. The maximum atomic E-state index is 11.9. The van der Waals surface area contributed by atoms with Crippen molar-refractivity contribution in [2.75, 3.05) is 0 Å². The summed E-state index contributed by atoms with van der Waals surface area (Å²) in [6.07, 6.45) is 0.436. The fourth-order valence-corrected chi connectivity index (χ4v) is 2.35. The van der Waals surface area contributed by atoms with E-state index in [2.05, 4.69) is 5.32 Å². The van der Waals surface area contributed by atoms with E-state index in [4.69, 9.17) is 5.11 Å². The molecule has 1 rings (SSSR count). The fraction of sp³-hybridized carbons (Fsp3) is 0.500. The van der Waals surface area contributed by atoms with Gasteiger partial charge in [-0.3, -0.25) is 4.79 Å². The largest absolute Gasteiger partial charge is 0.480 e. The SMILES string of the molecule is Cc1ccsc1C(=O)NC(CC(C)C)C(=O)O. The predicted octanol–water partition coefficient (Wildman–Crippen LogP) is 2.29. The molecule has 1 heterocycles. The first-order valence-electron chi connectivity index (χ1n) is 5.49.